The summed E-state index contributed by atoms with van der Waals surface area (Å²) in [6.45, 7) is 1.97. The summed E-state index contributed by atoms with van der Waals surface area (Å²) in [5, 5.41) is 12.4. The summed E-state index contributed by atoms with van der Waals surface area (Å²) >= 11 is 1.34. The smallest absolute Gasteiger partial charge is 0.268 e. The van der Waals surface area contributed by atoms with Crippen molar-refractivity contribution in [1.29, 1.82) is 0 Å². The van der Waals surface area contributed by atoms with Gasteiger partial charge in [-0.25, -0.2) is 4.68 Å². The zero-order valence-corrected chi connectivity index (χ0v) is 14.7. The molecule has 9 heteroatoms. The number of aryl methyl sites for hydroxylation is 1. The molecule has 2 aromatic heterocycles. The van der Waals surface area contributed by atoms with Gasteiger partial charge in [-0.15, -0.1) is 23.7 Å². The van der Waals surface area contributed by atoms with Gasteiger partial charge in [-0.2, -0.15) is 10.1 Å². The van der Waals surface area contributed by atoms with Gasteiger partial charge >= 0.3 is 0 Å². The maximum atomic E-state index is 12.2. The lowest BCUT2D eigenvalue weighted by atomic mass is 9.98. The second kappa shape index (κ2) is 7.76. The first-order valence-electron chi connectivity index (χ1n) is 7.23. The van der Waals surface area contributed by atoms with Gasteiger partial charge in [-0.3, -0.25) is 10.1 Å². The molecular formula is C14H20ClN5O2S. The number of ether oxygens (including phenoxy) is 1. The molecule has 1 saturated heterocycles. The van der Waals surface area contributed by atoms with Crippen LogP contribution in [-0.4, -0.2) is 40.9 Å². The molecule has 0 aromatic carbocycles. The topological polar surface area (TPSA) is 81.1 Å². The molecule has 2 aromatic rings. The first-order chi connectivity index (χ1) is 10.7. The van der Waals surface area contributed by atoms with Crippen molar-refractivity contribution in [2.75, 3.05) is 25.5 Å². The number of carbonyl (C=O) groups is 1. The van der Waals surface area contributed by atoms with Crippen molar-refractivity contribution in [1.82, 2.24) is 20.1 Å². The molecule has 1 fully saturated rings. The van der Waals surface area contributed by atoms with Gasteiger partial charge in [0.2, 0.25) is 5.95 Å². The highest BCUT2D eigenvalue weighted by molar-refractivity contribution is 7.12. The van der Waals surface area contributed by atoms with Crippen LogP contribution in [-0.2, 0) is 7.05 Å². The summed E-state index contributed by atoms with van der Waals surface area (Å²) in [4.78, 5) is 17.3. The number of nitrogens with zero attached hydrogens (tertiary/aromatic N) is 3. The molecule has 1 amide bonds. The second-order valence-electron chi connectivity index (χ2n) is 5.25. The lowest BCUT2D eigenvalue weighted by molar-refractivity contribution is 0.102. The van der Waals surface area contributed by atoms with Gasteiger partial charge in [0.05, 0.1) is 12.0 Å². The van der Waals surface area contributed by atoms with Gasteiger partial charge in [0, 0.05) is 24.4 Å². The molecule has 0 aliphatic carbocycles. The van der Waals surface area contributed by atoms with Gasteiger partial charge in [-0.05, 0) is 25.9 Å². The predicted molar refractivity (Wildman–Crippen MR) is 91.9 cm³/mol. The van der Waals surface area contributed by atoms with Gasteiger partial charge in [0.1, 0.15) is 5.75 Å². The number of methoxy groups -OCH3 is 1. The minimum absolute atomic E-state index is 0. The van der Waals surface area contributed by atoms with Crippen LogP contribution in [0.4, 0.5) is 5.95 Å². The monoisotopic (exact) mass is 357 g/mol. The Bertz CT molecular complexity index is 666. The molecule has 1 aliphatic heterocycles. The van der Waals surface area contributed by atoms with E-state index in [4.69, 9.17) is 4.74 Å². The molecule has 1 aliphatic rings. The minimum Gasteiger partial charge on any atom is -0.496 e. The molecule has 126 valence electrons. The highest BCUT2D eigenvalue weighted by Gasteiger charge is 2.21. The van der Waals surface area contributed by atoms with Crippen LogP contribution in [0.1, 0.15) is 34.3 Å². The predicted octanol–water partition coefficient (Wildman–Crippen LogP) is 2.03. The van der Waals surface area contributed by atoms with Crippen molar-refractivity contribution in [3.8, 4) is 5.75 Å². The average Bonchev–Trinajstić information content (AvgIpc) is 3.15. The Morgan fingerprint density at radius 3 is 2.87 bits per heavy atom. The van der Waals surface area contributed by atoms with Crippen LogP contribution in [0.3, 0.4) is 0 Å². The van der Waals surface area contributed by atoms with Crippen LogP contribution in [0, 0.1) is 0 Å². The van der Waals surface area contributed by atoms with Crippen LogP contribution in [0.5, 0.6) is 5.75 Å². The number of anilines is 1. The molecule has 7 nitrogen and oxygen atoms in total. The number of halogens is 1. The number of hydrogen-bond donors (Lipinski definition) is 2. The fourth-order valence-electron chi connectivity index (χ4n) is 2.47. The summed E-state index contributed by atoms with van der Waals surface area (Å²) in [5.41, 5.74) is 0. The summed E-state index contributed by atoms with van der Waals surface area (Å²) in [5.74, 6) is 2.14. The Morgan fingerprint density at radius 2 is 2.22 bits per heavy atom. The van der Waals surface area contributed by atoms with E-state index < -0.39 is 0 Å². The molecule has 0 spiro atoms. The third-order valence-electron chi connectivity index (χ3n) is 3.74. The normalized spacial score (nSPS) is 15.0. The van der Waals surface area contributed by atoms with Crippen LogP contribution in [0.15, 0.2) is 11.4 Å². The van der Waals surface area contributed by atoms with E-state index in [2.05, 4.69) is 20.7 Å². The zero-order chi connectivity index (χ0) is 15.5. The van der Waals surface area contributed by atoms with Crippen molar-refractivity contribution < 1.29 is 9.53 Å². The van der Waals surface area contributed by atoms with Crippen LogP contribution >= 0.6 is 23.7 Å². The van der Waals surface area contributed by atoms with Crippen molar-refractivity contribution in [2.45, 2.75) is 18.8 Å². The van der Waals surface area contributed by atoms with E-state index in [1.165, 1.54) is 11.3 Å². The fraction of sp³-hybridized carbons (Fsp3) is 0.500. The number of aromatic nitrogens is 3. The fourth-order valence-corrected chi connectivity index (χ4v) is 3.22. The maximum Gasteiger partial charge on any atom is 0.268 e. The molecular weight excluding hydrogens is 338 g/mol. The summed E-state index contributed by atoms with van der Waals surface area (Å²) in [6, 6.07) is 1.71. The van der Waals surface area contributed by atoms with E-state index in [0.29, 0.717) is 22.5 Å². The second-order valence-corrected chi connectivity index (χ2v) is 6.16. The van der Waals surface area contributed by atoms with Gasteiger partial charge in [-0.1, -0.05) is 0 Å². The lowest BCUT2D eigenvalue weighted by Crippen LogP contribution is -2.27. The minimum atomic E-state index is -0.194. The number of carbonyl (C=O) groups excluding carboxylic acids is 1. The lowest BCUT2D eigenvalue weighted by Gasteiger charge is -2.19. The molecule has 0 saturated carbocycles. The number of hydrogen-bond acceptors (Lipinski definition) is 6. The van der Waals surface area contributed by atoms with Gasteiger partial charge in [0.25, 0.3) is 5.91 Å². The summed E-state index contributed by atoms with van der Waals surface area (Å²) in [6.07, 6.45) is 2.05. The van der Waals surface area contributed by atoms with Gasteiger partial charge in [0.15, 0.2) is 5.82 Å². The van der Waals surface area contributed by atoms with Gasteiger partial charge < -0.3 is 10.1 Å². The highest BCUT2D eigenvalue weighted by Crippen LogP contribution is 2.24. The standard InChI is InChI=1S/C14H19N5O2S.ClH/c1-19-14(16-12(18-19)9-3-5-15-6-4-9)17-13(20)11-7-10(21-2)8-22-11;/h7-9,15H,3-6H2,1-2H3,(H,16,17,18,20);1H. The summed E-state index contributed by atoms with van der Waals surface area (Å²) in [7, 11) is 3.37. The first kappa shape index (κ1) is 17.7. The SMILES string of the molecule is COc1csc(C(=O)Nc2nc(C3CCNCC3)nn2C)c1.Cl. The quantitative estimate of drug-likeness (QED) is 0.875. The van der Waals surface area contributed by atoms with Crippen molar-refractivity contribution >= 4 is 35.6 Å². The summed E-state index contributed by atoms with van der Waals surface area (Å²) < 4.78 is 6.72. The third-order valence-corrected chi connectivity index (χ3v) is 4.65. The third kappa shape index (κ3) is 4.01. The number of thiophene rings is 1. The molecule has 0 bridgehead atoms. The van der Waals surface area contributed by atoms with Crippen LogP contribution in [0.2, 0.25) is 0 Å². The highest BCUT2D eigenvalue weighted by atomic mass is 35.5. The molecule has 0 unspecified atom stereocenters. The molecule has 3 rings (SSSR count). The average molecular weight is 358 g/mol. The Labute approximate surface area is 144 Å². The number of nitrogens with one attached hydrogen (secondary N) is 2. The maximum absolute atomic E-state index is 12.2. The molecule has 0 radical (unpaired) electrons. The van der Waals surface area contributed by atoms with E-state index in [1.807, 2.05) is 0 Å². The largest absolute Gasteiger partial charge is 0.496 e. The number of piperidine rings is 1. The van der Waals surface area contributed by atoms with Crippen molar-refractivity contribution in [2.24, 2.45) is 7.05 Å². The Morgan fingerprint density at radius 1 is 1.48 bits per heavy atom. The van der Waals surface area contributed by atoms with Crippen LogP contribution < -0.4 is 15.4 Å². The Balaban J connectivity index is 0.00000192. The van der Waals surface area contributed by atoms with E-state index in [-0.39, 0.29) is 18.3 Å². The van der Waals surface area contributed by atoms with Crippen molar-refractivity contribution in [3.05, 3.63) is 22.1 Å². The van der Waals surface area contributed by atoms with E-state index >= 15 is 0 Å². The first-order valence-corrected chi connectivity index (χ1v) is 8.11. The van der Waals surface area contributed by atoms with E-state index in [1.54, 1.807) is 30.3 Å². The molecule has 0 atom stereocenters. The molecule has 2 N–H and O–H groups in total. The zero-order valence-electron chi connectivity index (χ0n) is 13.0. The van der Waals surface area contributed by atoms with E-state index in [0.717, 1.165) is 31.8 Å². The van der Waals surface area contributed by atoms with Crippen molar-refractivity contribution in [3.63, 3.8) is 0 Å². The Hall–Kier alpha value is -1.64. The number of rotatable bonds is 4. The molecule has 23 heavy (non-hydrogen) atoms. The molecule has 3 heterocycles. The van der Waals surface area contributed by atoms with Crippen LogP contribution in [0.25, 0.3) is 0 Å². The Kier molecular flexibility index (Phi) is 5.97. The number of amides is 1. The van der Waals surface area contributed by atoms with E-state index in [9.17, 15) is 4.79 Å².